The molecule has 4 rings (SSSR count). The molecule has 1 aromatic carbocycles. The van der Waals surface area contributed by atoms with Crippen molar-refractivity contribution in [1.82, 2.24) is 20.1 Å². The van der Waals surface area contributed by atoms with Gasteiger partial charge in [-0.25, -0.2) is 9.37 Å². The van der Waals surface area contributed by atoms with E-state index < -0.39 is 5.82 Å². The predicted molar refractivity (Wildman–Crippen MR) is 96.3 cm³/mol. The molecule has 1 amide bonds. The standard InChI is InChI=1S/C18H17FN6O/c19-12-4-5-13-14(11-12)22-23-17(16(13)20)18(26)25-9-7-24(8-10-25)15-3-1-2-6-21-15/h1-6,11H,7-10H2,(H2,20,22). The number of nitrogen functional groups attached to an aromatic ring is 1. The number of rotatable bonds is 2. The van der Waals surface area contributed by atoms with Gasteiger partial charge in [-0.15, -0.1) is 10.2 Å². The highest BCUT2D eigenvalue weighted by molar-refractivity contribution is 6.04. The maximum atomic E-state index is 13.3. The van der Waals surface area contributed by atoms with Crippen LogP contribution in [-0.4, -0.2) is 52.2 Å². The smallest absolute Gasteiger partial charge is 0.276 e. The lowest BCUT2D eigenvalue weighted by Crippen LogP contribution is -2.49. The zero-order valence-electron chi connectivity index (χ0n) is 14.0. The van der Waals surface area contributed by atoms with Gasteiger partial charge < -0.3 is 15.5 Å². The summed E-state index contributed by atoms with van der Waals surface area (Å²) >= 11 is 0. The average Bonchev–Trinajstić information content (AvgIpc) is 2.68. The fourth-order valence-electron chi connectivity index (χ4n) is 3.09. The summed E-state index contributed by atoms with van der Waals surface area (Å²) in [5.41, 5.74) is 6.77. The molecule has 0 bridgehead atoms. The quantitative estimate of drug-likeness (QED) is 0.755. The second kappa shape index (κ2) is 6.55. The van der Waals surface area contributed by atoms with E-state index in [4.69, 9.17) is 5.73 Å². The highest BCUT2D eigenvalue weighted by atomic mass is 19.1. The maximum absolute atomic E-state index is 13.3. The number of piperazine rings is 1. The van der Waals surface area contributed by atoms with Crippen molar-refractivity contribution >= 4 is 28.3 Å². The monoisotopic (exact) mass is 352 g/mol. The van der Waals surface area contributed by atoms with Crippen LogP contribution in [0.15, 0.2) is 42.6 Å². The van der Waals surface area contributed by atoms with Crippen LogP contribution in [0, 0.1) is 5.82 Å². The van der Waals surface area contributed by atoms with E-state index in [2.05, 4.69) is 20.1 Å². The summed E-state index contributed by atoms with van der Waals surface area (Å²) in [6.45, 7) is 2.43. The number of halogens is 1. The summed E-state index contributed by atoms with van der Waals surface area (Å²) in [6.07, 6.45) is 1.75. The van der Waals surface area contributed by atoms with Crippen LogP contribution in [0.1, 0.15) is 10.5 Å². The first kappa shape index (κ1) is 16.2. The van der Waals surface area contributed by atoms with E-state index in [1.54, 1.807) is 11.1 Å². The van der Waals surface area contributed by atoms with Crippen LogP contribution in [0.2, 0.25) is 0 Å². The molecule has 1 fully saturated rings. The molecule has 2 N–H and O–H groups in total. The lowest BCUT2D eigenvalue weighted by atomic mass is 10.1. The second-order valence-electron chi connectivity index (χ2n) is 6.09. The van der Waals surface area contributed by atoms with Crippen molar-refractivity contribution < 1.29 is 9.18 Å². The Hall–Kier alpha value is -3.29. The third-order valence-electron chi connectivity index (χ3n) is 4.51. The van der Waals surface area contributed by atoms with Gasteiger partial charge in [-0.3, -0.25) is 4.79 Å². The van der Waals surface area contributed by atoms with Crippen LogP contribution in [0.25, 0.3) is 10.9 Å². The van der Waals surface area contributed by atoms with Crippen molar-refractivity contribution in [3.8, 4) is 0 Å². The Kier molecular flexibility index (Phi) is 4.08. The Morgan fingerprint density at radius 3 is 2.62 bits per heavy atom. The molecule has 26 heavy (non-hydrogen) atoms. The first-order valence-corrected chi connectivity index (χ1v) is 8.30. The molecule has 1 aliphatic heterocycles. The van der Waals surface area contributed by atoms with E-state index in [0.717, 1.165) is 5.82 Å². The van der Waals surface area contributed by atoms with Crippen molar-refractivity contribution in [3.05, 3.63) is 54.1 Å². The molecular weight excluding hydrogens is 335 g/mol. The van der Waals surface area contributed by atoms with Crippen LogP contribution in [0.3, 0.4) is 0 Å². The molecule has 0 unspecified atom stereocenters. The van der Waals surface area contributed by atoms with Crippen molar-refractivity contribution in [1.29, 1.82) is 0 Å². The lowest BCUT2D eigenvalue weighted by Gasteiger charge is -2.35. The number of amides is 1. The minimum atomic E-state index is -0.420. The Bertz CT molecular complexity index is 957. The SMILES string of the molecule is Nc1c(C(=O)N2CCN(c3ccccn3)CC2)nnc2cc(F)ccc12. The summed E-state index contributed by atoms with van der Waals surface area (Å²) in [5, 5.41) is 8.41. The van der Waals surface area contributed by atoms with E-state index in [1.165, 1.54) is 18.2 Å². The van der Waals surface area contributed by atoms with Gasteiger partial charge in [0.1, 0.15) is 11.6 Å². The highest BCUT2D eigenvalue weighted by Crippen LogP contribution is 2.23. The Morgan fingerprint density at radius 1 is 1.08 bits per heavy atom. The van der Waals surface area contributed by atoms with Gasteiger partial charge in [0.25, 0.3) is 5.91 Å². The molecule has 7 nitrogen and oxygen atoms in total. The fraction of sp³-hybridized carbons (Fsp3) is 0.222. The number of pyridine rings is 1. The van der Waals surface area contributed by atoms with E-state index >= 15 is 0 Å². The predicted octanol–water partition coefficient (Wildman–Crippen LogP) is 1.71. The number of carbonyl (C=O) groups excluding carboxylic acids is 1. The molecule has 0 aliphatic carbocycles. The number of anilines is 2. The van der Waals surface area contributed by atoms with Crippen LogP contribution < -0.4 is 10.6 Å². The highest BCUT2D eigenvalue weighted by Gasteiger charge is 2.26. The van der Waals surface area contributed by atoms with Crippen LogP contribution in [-0.2, 0) is 0 Å². The summed E-state index contributed by atoms with van der Waals surface area (Å²) in [5.74, 6) is 0.212. The molecule has 3 heterocycles. The first-order chi connectivity index (χ1) is 12.6. The Morgan fingerprint density at radius 2 is 1.88 bits per heavy atom. The van der Waals surface area contributed by atoms with Gasteiger partial charge in [0.15, 0.2) is 5.69 Å². The number of nitrogens with zero attached hydrogens (tertiary/aromatic N) is 5. The molecule has 1 aliphatic rings. The van der Waals surface area contributed by atoms with Gasteiger partial charge >= 0.3 is 0 Å². The van der Waals surface area contributed by atoms with E-state index in [1.807, 2.05) is 18.2 Å². The summed E-state index contributed by atoms with van der Waals surface area (Å²) in [6, 6.07) is 9.82. The van der Waals surface area contributed by atoms with Gasteiger partial charge in [0.2, 0.25) is 0 Å². The molecular formula is C18H17FN6O. The number of nitrogens with two attached hydrogens (primary N) is 1. The van der Waals surface area contributed by atoms with Crippen LogP contribution >= 0.6 is 0 Å². The zero-order chi connectivity index (χ0) is 18.1. The van der Waals surface area contributed by atoms with E-state index in [-0.39, 0.29) is 17.3 Å². The topological polar surface area (TPSA) is 88.2 Å². The third-order valence-corrected chi connectivity index (χ3v) is 4.51. The molecule has 0 spiro atoms. The van der Waals surface area contributed by atoms with Crippen molar-refractivity contribution in [2.45, 2.75) is 0 Å². The average molecular weight is 352 g/mol. The second-order valence-corrected chi connectivity index (χ2v) is 6.09. The number of carbonyl (C=O) groups is 1. The van der Waals surface area contributed by atoms with Crippen LogP contribution in [0.5, 0.6) is 0 Å². The molecule has 8 heteroatoms. The van der Waals surface area contributed by atoms with Crippen molar-refractivity contribution in [2.75, 3.05) is 36.8 Å². The number of benzene rings is 1. The normalized spacial score (nSPS) is 14.7. The molecule has 0 radical (unpaired) electrons. The van der Waals surface area contributed by atoms with Gasteiger partial charge in [-0.2, -0.15) is 0 Å². The van der Waals surface area contributed by atoms with E-state index in [0.29, 0.717) is 37.1 Å². The molecule has 2 aromatic heterocycles. The number of hydrogen-bond donors (Lipinski definition) is 1. The molecule has 3 aromatic rings. The van der Waals surface area contributed by atoms with Crippen LogP contribution in [0.4, 0.5) is 15.9 Å². The summed E-state index contributed by atoms with van der Waals surface area (Å²) < 4.78 is 13.3. The Labute approximate surface area is 149 Å². The van der Waals surface area contributed by atoms with Gasteiger partial charge in [0, 0.05) is 43.8 Å². The van der Waals surface area contributed by atoms with Gasteiger partial charge in [-0.1, -0.05) is 6.07 Å². The largest absolute Gasteiger partial charge is 0.396 e. The molecule has 1 saturated heterocycles. The molecule has 132 valence electrons. The molecule has 0 saturated carbocycles. The number of hydrogen-bond acceptors (Lipinski definition) is 6. The third kappa shape index (κ3) is 2.90. The summed E-state index contributed by atoms with van der Waals surface area (Å²) in [4.78, 5) is 21.0. The van der Waals surface area contributed by atoms with Crippen molar-refractivity contribution in [2.24, 2.45) is 0 Å². The number of aromatic nitrogens is 3. The number of fused-ring (bicyclic) bond motifs is 1. The Balaban J connectivity index is 1.53. The summed E-state index contributed by atoms with van der Waals surface area (Å²) in [7, 11) is 0. The van der Waals surface area contributed by atoms with Gasteiger partial charge in [0.05, 0.1) is 11.2 Å². The fourth-order valence-corrected chi connectivity index (χ4v) is 3.09. The maximum Gasteiger partial charge on any atom is 0.276 e. The first-order valence-electron chi connectivity index (χ1n) is 8.30. The van der Waals surface area contributed by atoms with E-state index in [9.17, 15) is 9.18 Å². The lowest BCUT2D eigenvalue weighted by molar-refractivity contribution is 0.0741. The van der Waals surface area contributed by atoms with Crippen molar-refractivity contribution in [3.63, 3.8) is 0 Å². The van der Waals surface area contributed by atoms with Gasteiger partial charge in [-0.05, 0) is 24.3 Å². The minimum Gasteiger partial charge on any atom is -0.396 e. The zero-order valence-corrected chi connectivity index (χ0v) is 14.0. The molecule has 0 atom stereocenters. The minimum absolute atomic E-state index is 0.107.